The number of fused-ring (bicyclic) bond motifs is 2. The summed E-state index contributed by atoms with van der Waals surface area (Å²) in [5.41, 5.74) is 2.69. The van der Waals surface area contributed by atoms with Crippen molar-refractivity contribution < 1.29 is 37.3 Å². The number of carbonyl (C=O) groups excluding carboxylic acids is 1. The summed E-state index contributed by atoms with van der Waals surface area (Å²) in [6, 6.07) is 9.29. The first-order chi connectivity index (χ1) is 16.2. The Morgan fingerprint density at radius 3 is 2.50 bits per heavy atom. The molecule has 0 saturated heterocycles. The fourth-order valence-electron chi connectivity index (χ4n) is 3.59. The molecule has 0 radical (unpaired) electrons. The summed E-state index contributed by atoms with van der Waals surface area (Å²) in [6.07, 6.45) is 1.12. The minimum atomic E-state index is -5.08. The number of imidazole rings is 1. The number of ether oxygens (including phenoxy) is 2. The van der Waals surface area contributed by atoms with Gasteiger partial charge in [0.25, 0.3) is 5.91 Å². The average Bonchev–Trinajstić information content (AvgIpc) is 3.40. The molecule has 12 heteroatoms. The van der Waals surface area contributed by atoms with Crippen molar-refractivity contribution in [2.24, 2.45) is 0 Å². The molecule has 0 unspecified atom stereocenters. The standard InChI is InChI=1S/C20H18N4O3.C2HF3O2/c25-20(14-3-4-17-18(10-14)27-13-26-17)23-7-5-19-22-12-16(24(19)9-8-23)15-2-1-6-21-11-15;3-2(4,5)1(6)7/h1-4,6,10-12H,5,7-9,13H2;(H,6,7). The van der Waals surface area contributed by atoms with Gasteiger partial charge in [0, 0.05) is 49.6 Å². The van der Waals surface area contributed by atoms with Gasteiger partial charge in [-0.25, -0.2) is 9.78 Å². The third-order valence-electron chi connectivity index (χ3n) is 5.24. The number of amides is 1. The number of benzene rings is 1. The smallest absolute Gasteiger partial charge is 0.475 e. The van der Waals surface area contributed by atoms with Crippen LogP contribution < -0.4 is 9.47 Å². The molecule has 3 aromatic rings. The number of pyridine rings is 1. The van der Waals surface area contributed by atoms with E-state index in [1.807, 2.05) is 29.4 Å². The van der Waals surface area contributed by atoms with E-state index in [9.17, 15) is 18.0 Å². The van der Waals surface area contributed by atoms with Gasteiger partial charge >= 0.3 is 12.1 Å². The second-order valence-corrected chi connectivity index (χ2v) is 7.37. The van der Waals surface area contributed by atoms with Crippen LogP contribution in [-0.4, -0.2) is 62.5 Å². The molecule has 0 fully saturated rings. The Morgan fingerprint density at radius 2 is 1.79 bits per heavy atom. The van der Waals surface area contributed by atoms with Crippen molar-refractivity contribution in [3.63, 3.8) is 0 Å². The van der Waals surface area contributed by atoms with Gasteiger partial charge in [-0.1, -0.05) is 0 Å². The average molecular weight is 476 g/mol. The number of aromatic nitrogens is 3. The molecule has 1 aromatic carbocycles. The zero-order valence-electron chi connectivity index (χ0n) is 17.7. The van der Waals surface area contributed by atoms with E-state index in [0.717, 1.165) is 23.5 Å². The van der Waals surface area contributed by atoms with Crippen LogP contribution in [0.2, 0.25) is 0 Å². The maximum absolute atomic E-state index is 13.0. The Kier molecular flexibility index (Phi) is 6.39. The van der Waals surface area contributed by atoms with Gasteiger partial charge in [0.1, 0.15) is 5.82 Å². The lowest BCUT2D eigenvalue weighted by atomic mass is 10.1. The number of alkyl halides is 3. The minimum Gasteiger partial charge on any atom is -0.475 e. The molecule has 2 aliphatic rings. The van der Waals surface area contributed by atoms with Crippen molar-refractivity contribution in [2.45, 2.75) is 19.1 Å². The van der Waals surface area contributed by atoms with E-state index < -0.39 is 12.1 Å². The van der Waals surface area contributed by atoms with E-state index in [1.54, 1.807) is 24.4 Å². The summed E-state index contributed by atoms with van der Waals surface area (Å²) in [4.78, 5) is 32.5. The highest BCUT2D eigenvalue weighted by molar-refractivity contribution is 5.95. The number of halogens is 3. The van der Waals surface area contributed by atoms with Crippen LogP contribution in [0, 0.1) is 0 Å². The van der Waals surface area contributed by atoms with E-state index in [2.05, 4.69) is 14.5 Å². The fraction of sp³-hybridized carbons (Fsp3) is 0.273. The maximum Gasteiger partial charge on any atom is 0.490 e. The predicted molar refractivity (Wildman–Crippen MR) is 111 cm³/mol. The summed E-state index contributed by atoms with van der Waals surface area (Å²) in [6.45, 7) is 2.17. The molecule has 0 aliphatic carbocycles. The Morgan fingerprint density at radius 1 is 1.03 bits per heavy atom. The van der Waals surface area contributed by atoms with Crippen molar-refractivity contribution in [3.05, 3.63) is 60.3 Å². The van der Waals surface area contributed by atoms with Crippen LogP contribution in [0.15, 0.2) is 48.9 Å². The fourth-order valence-corrected chi connectivity index (χ4v) is 3.59. The summed E-state index contributed by atoms with van der Waals surface area (Å²) in [5, 5.41) is 7.12. The molecular weight excluding hydrogens is 457 g/mol. The molecule has 178 valence electrons. The van der Waals surface area contributed by atoms with E-state index >= 15 is 0 Å². The molecule has 2 aromatic heterocycles. The van der Waals surface area contributed by atoms with E-state index in [-0.39, 0.29) is 12.7 Å². The highest BCUT2D eigenvalue weighted by Crippen LogP contribution is 2.33. The summed E-state index contributed by atoms with van der Waals surface area (Å²) >= 11 is 0. The van der Waals surface area contributed by atoms with Gasteiger partial charge in [-0.2, -0.15) is 13.2 Å². The van der Waals surface area contributed by atoms with Crippen molar-refractivity contribution in [3.8, 4) is 22.8 Å². The maximum atomic E-state index is 13.0. The van der Waals surface area contributed by atoms with Crippen LogP contribution in [0.1, 0.15) is 16.2 Å². The number of hydrogen-bond acceptors (Lipinski definition) is 6. The molecule has 0 saturated carbocycles. The Labute approximate surface area is 191 Å². The quantitative estimate of drug-likeness (QED) is 0.606. The van der Waals surface area contributed by atoms with Crippen molar-refractivity contribution in [1.29, 1.82) is 0 Å². The highest BCUT2D eigenvalue weighted by atomic mass is 19.4. The first-order valence-corrected chi connectivity index (χ1v) is 10.2. The number of carboxylic acid groups (broad SMARTS) is 1. The predicted octanol–water partition coefficient (Wildman–Crippen LogP) is 3.01. The van der Waals surface area contributed by atoms with Crippen molar-refractivity contribution in [2.75, 3.05) is 19.9 Å². The molecule has 0 atom stereocenters. The summed E-state index contributed by atoms with van der Waals surface area (Å²) in [5.74, 6) is -0.449. The SMILES string of the molecule is O=C(O)C(F)(F)F.O=C(c1ccc2c(c1)OCO2)N1CCc2ncc(-c3cccnc3)n2CC1. The van der Waals surface area contributed by atoms with Crippen LogP contribution in [0.3, 0.4) is 0 Å². The lowest BCUT2D eigenvalue weighted by Gasteiger charge is -2.20. The zero-order chi connectivity index (χ0) is 24.3. The van der Waals surface area contributed by atoms with Crippen LogP contribution in [0.5, 0.6) is 11.5 Å². The zero-order valence-corrected chi connectivity index (χ0v) is 17.7. The first-order valence-electron chi connectivity index (χ1n) is 10.2. The summed E-state index contributed by atoms with van der Waals surface area (Å²) < 4.78 is 44.6. The molecule has 0 spiro atoms. The molecule has 4 heterocycles. The molecule has 9 nitrogen and oxygen atoms in total. The monoisotopic (exact) mass is 476 g/mol. The molecule has 1 amide bonds. The molecule has 34 heavy (non-hydrogen) atoms. The van der Waals surface area contributed by atoms with Gasteiger partial charge in [0.2, 0.25) is 6.79 Å². The number of hydrogen-bond donors (Lipinski definition) is 1. The molecule has 2 aliphatic heterocycles. The minimum absolute atomic E-state index is 0.00183. The van der Waals surface area contributed by atoms with Crippen LogP contribution in [0.25, 0.3) is 11.3 Å². The van der Waals surface area contributed by atoms with Crippen LogP contribution in [0.4, 0.5) is 13.2 Å². The first kappa shape index (κ1) is 23.1. The molecule has 1 N–H and O–H groups in total. The number of carbonyl (C=O) groups is 2. The number of nitrogens with zero attached hydrogens (tertiary/aromatic N) is 4. The van der Waals surface area contributed by atoms with Gasteiger partial charge in [0.05, 0.1) is 11.9 Å². The molecule has 5 rings (SSSR count). The van der Waals surface area contributed by atoms with Gasteiger partial charge in [-0.15, -0.1) is 0 Å². The lowest BCUT2D eigenvalue weighted by molar-refractivity contribution is -0.192. The third kappa shape index (κ3) is 4.95. The van der Waals surface area contributed by atoms with Gasteiger partial charge in [-0.05, 0) is 30.3 Å². The Balaban J connectivity index is 0.000000344. The van der Waals surface area contributed by atoms with Crippen LogP contribution in [-0.2, 0) is 17.8 Å². The number of carboxylic acids is 1. The van der Waals surface area contributed by atoms with Crippen molar-refractivity contribution in [1.82, 2.24) is 19.4 Å². The largest absolute Gasteiger partial charge is 0.490 e. The highest BCUT2D eigenvalue weighted by Gasteiger charge is 2.38. The van der Waals surface area contributed by atoms with E-state index in [4.69, 9.17) is 19.4 Å². The molecular formula is C22H19F3N4O5. The second kappa shape index (κ2) is 9.41. The van der Waals surface area contributed by atoms with E-state index in [0.29, 0.717) is 36.7 Å². The van der Waals surface area contributed by atoms with Crippen molar-refractivity contribution >= 4 is 11.9 Å². The number of aliphatic carboxylic acids is 1. The lowest BCUT2D eigenvalue weighted by Crippen LogP contribution is -2.33. The number of rotatable bonds is 2. The van der Waals surface area contributed by atoms with Crippen LogP contribution >= 0.6 is 0 Å². The Hall–Kier alpha value is -4.09. The molecule has 0 bridgehead atoms. The normalized spacial score (nSPS) is 14.5. The van der Waals surface area contributed by atoms with Gasteiger partial charge < -0.3 is 24.0 Å². The van der Waals surface area contributed by atoms with Gasteiger partial charge in [0.15, 0.2) is 11.5 Å². The second-order valence-electron chi connectivity index (χ2n) is 7.37. The summed E-state index contributed by atoms with van der Waals surface area (Å²) in [7, 11) is 0. The third-order valence-corrected chi connectivity index (χ3v) is 5.24. The van der Waals surface area contributed by atoms with Gasteiger partial charge in [-0.3, -0.25) is 9.78 Å². The topological polar surface area (TPSA) is 107 Å². The van der Waals surface area contributed by atoms with E-state index in [1.165, 1.54) is 0 Å². The Bertz CT molecular complexity index is 1200.